The van der Waals surface area contributed by atoms with Gasteiger partial charge < -0.3 is 10.6 Å². The van der Waals surface area contributed by atoms with E-state index in [1.165, 1.54) is 35.5 Å². The highest BCUT2D eigenvalue weighted by atomic mass is 32.1. The molecule has 0 bridgehead atoms. The van der Waals surface area contributed by atoms with Crippen molar-refractivity contribution >= 4 is 17.2 Å². The smallest absolute Gasteiger partial charge is 0.132 e. The normalized spacial score (nSPS) is 21.5. The van der Waals surface area contributed by atoms with Crippen LogP contribution in [0.4, 0.5) is 5.82 Å². The predicted octanol–water partition coefficient (Wildman–Crippen LogP) is 2.35. The Morgan fingerprint density at radius 2 is 2.24 bits per heavy atom. The van der Waals surface area contributed by atoms with Crippen LogP contribution >= 0.6 is 11.3 Å². The second kappa shape index (κ2) is 8.25. The van der Waals surface area contributed by atoms with Crippen LogP contribution in [-0.4, -0.2) is 53.6 Å². The first-order valence-corrected chi connectivity index (χ1v) is 10.3. The van der Waals surface area contributed by atoms with Crippen LogP contribution in [0.15, 0.2) is 23.8 Å². The first kappa shape index (κ1) is 16.9. The van der Waals surface area contributed by atoms with Gasteiger partial charge in [-0.2, -0.15) is 0 Å². The van der Waals surface area contributed by atoms with Crippen molar-refractivity contribution in [3.8, 4) is 0 Å². The summed E-state index contributed by atoms with van der Waals surface area (Å²) < 4.78 is 0. The number of hydrogen-bond acceptors (Lipinski definition) is 6. The van der Waals surface area contributed by atoms with Crippen molar-refractivity contribution in [2.75, 3.05) is 38.0 Å². The fraction of sp³-hybridized carbons (Fsp3) is 0.579. The van der Waals surface area contributed by atoms with Crippen molar-refractivity contribution < 1.29 is 0 Å². The topological polar surface area (TPSA) is 53.1 Å². The van der Waals surface area contributed by atoms with Gasteiger partial charge >= 0.3 is 0 Å². The molecule has 2 aliphatic heterocycles. The Hall–Kier alpha value is -1.50. The fourth-order valence-corrected chi connectivity index (χ4v) is 4.67. The zero-order chi connectivity index (χ0) is 16.9. The highest BCUT2D eigenvalue weighted by Crippen LogP contribution is 2.23. The van der Waals surface area contributed by atoms with Gasteiger partial charge in [-0.05, 0) is 43.7 Å². The van der Waals surface area contributed by atoms with Crippen molar-refractivity contribution in [3.63, 3.8) is 0 Å². The SMILES string of the molecule is c1csc(CCNc2ncnc3c2CCN([C@H]2CCCNC2)CC3)c1. The fourth-order valence-electron chi connectivity index (χ4n) is 3.97. The van der Waals surface area contributed by atoms with Crippen LogP contribution in [0.5, 0.6) is 0 Å². The summed E-state index contributed by atoms with van der Waals surface area (Å²) in [6, 6.07) is 5.00. The molecule has 2 aromatic heterocycles. The van der Waals surface area contributed by atoms with E-state index in [0.717, 1.165) is 51.3 Å². The summed E-state index contributed by atoms with van der Waals surface area (Å²) in [5.41, 5.74) is 2.57. The molecular weight excluding hydrogens is 330 g/mol. The Morgan fingerprint density at radius 3 is 3.08 bits per heavy atom. The van der Waals surface area contributed by atoms with Crippen LogP contribution in [-0.2, 0) is 19.3 Å². The molecule has 0 aliphatic carbocycles. The van der Waals surface area contributed by atoms with Gasteiger partial charge in [0.15, 0.2) is 0 Å². The number of piperidine rings is 1. The van der Waals surface area contributed by atoms with E-state index in [1.807, 2.05) is 11.3 Å². The molecule has 5 nitrogen and oxygen atoms in total. The van der Waals surface area contributed by atoms with Gasteiger partial charge in [0, 0.05) is 49.1 Å². The van der Waals surface area contributed by atoms with Gasteiger partial charge in [0.05, 0.1) is 5.69 Å². The molecule has 25 heavy (non-hydrogen) atoms. The molecule has 0 aromatic carbocycles. The van der Waals surface area contributed by atoms with Crippen LogP contribution in [0.2, 0.25) is 0 Å². The Balaban J connectivity index is 1.39. The van der Waals surface area contributed by atoms with Crippen LogP contribution < -0.4 is 10.6 Å². The second-order valence-electron chi connectivity index (χ2n) is 6.94. The van der Waals surface area contributed by atoms with Crippen molar-refractivity contribution in [1.82, 2.24) is 20.2 Å². The van der Waals surface area contributed by atoms with E-state index in [2.05, 4.69) is 43.0 Å². The van der Waals surface area contributed by atoms with Gasteiger partial charge in [-0.25, -0.2) is 9.97 Å². The Kier molecular flexibility index (Phi) is 5.59. The van der Waals surface area contributed by atoms with Gasteiger partial charge in [0.2, 0.25) is 0 Å². The highest BCUT2D eigenvalue weighted by Gasteiger charge is 2.24. The van der Waals surface area contributed by atoms with Crippen LogP contribution in [0, 0.1) is 0 Å². The summed E-state index contributed by atoms with van der Waals surface area (Å²) in [6.45, 7) is 5.47. The summed E-state index contributed by atoms with van der Waals surface area (Å²) in [7, 11) is 0. The molecule has 0 radical (unpaired) electrons. The summed E-state index contributed by atoms with van der Waals surface area (Å²) in [6.07, 6.45) is 7.48. The summed E-state index contributed by atoms with van der Waals surface area (Å²) in [4.78, 5) is 13.2. The first-order chi connectivity index (χ1) is 12.4. The lowest BCUT2D eigenvalue weighted by molar-refractivity contribution is 0.173. The molecule has 2 aromatic rings. The van der Waals surface area contributed by atoms with Gasteiger partial charge in [0.25, 0.3) is 0 Å². The maximum atomic E-state index is 4.59. The Morgan fingerprint density at radius 1 is 1.28 bits per heavy atom. The van der Waals surface area contributed by atoms with Crippen molar-refractivity contribution in [1.29, 1.82) is 0 Å². The number of nitrogens with zero attached hydrogens (tertiary/aromatic N) is 3. The van der Waals surface area contributed by atoms with E-state index in [0.29, 0.717) is 6.04 Å². The average Bonchev–Trinajstić information content (AvgIpc) is 3.07. The minimum absolute atomic E-state index is 0.686. The standard InChI is InChI=1S/C19H27N5S/c1-3-15(13-20-8-1)24-10-6-17-18(7-11-24)22-14-23-19(17)21-9-5-16-4-2-12-25-16/h2,4,12,14-15,20H,1,3,5-11,13H2,(H,21,22,23)/t15-/m0/s1. The number of thiophene rings is 1. The maximum Gasteiger partial charge on any atom is 0.132 e. The average molecular weight is 358 g/mol. The van der Waals surface area contributed by atoms with E-state index in [-0.39, 0.29) is 0 Å². The van der Waals surface area contributed by atoms with E-state index < -0.39 is 0 Å². The highest BCUT2D eigenvalue weighted by molar-refractivity contribution is 7.09. The summed E-state index contributed by atoms with van der Waals surface area (Å²) in [5, 5.41) is 9.24. The molecule has 1 fully saturated rings. The van der Waals surface area contributed by atoms with Gasteiger partial charge in [0.1, 0.15) is 12.1 Å². The zero-order valence-electron chi connectivity index (χ0n) is 14.7. The molecule has 1 atom stereocenters. The zero-order valence-corrected chi connectivity index (χ0v) is 15.5. The molecule has 6 heteroatoms. The van der Waals surface area contributed by atoms with Crippen LogP contribution in [0.3, 0.4) is 0 Å². The predicted molar refractivity (Wildman–Crippen MR) is 103 cm³/mol. The Labute approximate surface area is 153 Å². The Bertz CT molecular complexity index is 666. The van der Waals surface area contributed by atoms with E-state index in [4.69, 9.17) is 0 Å². The molecule has 0 saturated carbocycles. The minimum Gasteiger partial charge on any atom is -0.369 e. The van der Waals surface area contributed by atoms with Crippen molar-refractivity contribution in [2.24, 2.45) is 0 Å². The molecule has 2 aliphatic rings. The molecule has 4 rings (SSSR count). The van der Waals surface area contributed by atoms with Gasteiger partial charge in [-0.3, -0.25) is 4.90 Å². The molecule has 0 spiro atoms. The van der Waals surface area contributed by atoms with E-state index in [9.17, 15) is 0 Å². The lowest BCUT2D eigenvalue weighted by atomic mass is 10.1. The monoisotopic (exact) mass is 357 g/mol. The van der Waals surface area contributed by atoms with Gasteiger partial charge in [-0.1, -0.05) is 6.07 Å². The van der Waals surface area contributed by atoms with Crippen LogP contribution in [0.25, 0.3) is 0 Å². The van der Waals surface area contributed by atoms with Crippen molar-refractivity contribution in [3.05, 3.63) is 40.0 Å². The third-order valence-electron chi connectivity index (χ3n) is 5.35. The largest absolute Gasteiger partial charge is 0.369 e. The molecule has 1 saturated heterocycles. The number of hydrogen-bond donors (Lipinski definition) is 2. The maximum absolute atomic E-state index is 4.59. The molecule has 2 N–H and O–H groups in total. The number of aromatic nitrogens is 2. The third-order valence-corrected chi connectivity index (χ3v) is 6.29. The number of rotatable bonds is 5. The second-order valence-corrected chi connectivity index (χ2v) is 7.97. The quantitative estimate of drug-likeness (QED) is 0.860. The number of nitrogens with one attached hydrogen (secondary N) is 2. The summed E-state index contributed by atoms with van der Waals surface area (Å²) >= 11 is 1.82. The minimum atomic E-state index is 0.686. The number of anilines is 1. The molecular formula is C19H27N5S. The lowest BCUT2D eigenvalue weighted by Gasteiger charge is -2.33. The molecule has 0 amide bonds. The van der Waals surface area contributed by atoms with Crippen LogP contribution in [0.1, 0.15) is 29.0 Å². The van der Waals surface area contributed by atoms with Gasteiger partial charge in [-0.15, -0.1) is 11.3 Å². The third kappa shape index (κ3) is 4.19. The van der Waals surface area contributed by atoms with E-state index in [1.54, 1.807) is 6.33 Å². The summed E-state index contributed by atoms with van der Waals surface area (Å²) in [5.74, 6) is 1.05. The van der Waals surface area contributed by atoms with E-state index >= 15 is 0 Å². The molecule has 4 heterocycles. The molecule has 0 unspecified atom stereocenters. The lowest BCUT2D eigenvalue weighted by Crippen LogP contribution is -2.46. The van der Waals surface area contributed by atoms with Crippen molar-refractivity contribution in [2.45, 2.75) is 38.1 Å². The number of fused-ring (bicyclic) bond motifs is 1. The first-order valence-electron chi connectivity index (χ1n) is 9.44. The molecule has 134 valence electrons.